The number of aryl methyl sites for hydroxylation is 1. The lowest BCUT2D eigenvalue weighted by Gasteiger charge is -2.36. The Morgan fingerprint density at radius 3 is 2.26 bits per heavy atom. The summed E-state index contributed by atoms with van der Waals surface area (Å²) in [5.74, 6) is 0.106. The number of nitrogens with one attached hydrogen (secondary N) is 1. The van der Waals surface area contributed by atoms with E-state index in [9.17, 15) is 18.0 Å². The summed E-state index contributed by atoms with van der Waals surface area (Å²) in [5, 5.41) is 2.99. The Morgan fingerprint density at radius 2 is 1.66 bits per heavy atom. The zero-order valence-corrected chi connectivity index (χ0v) is 21.1. The van der Waals surface area contributed by atoms with Gasteiger partial charge in [0.25, 0.3) is 5.91 Å². The molecule has 188 valence electrons. The van der Waals surface area contributed by atoms with Crippen LogP contribution in [0.5, 0.6) is 5.75 Å². The minimum absolute atomic E-state index is 0.0695. The molecule has 0 spiro atoms. The Bertz CT molecular complexity index is 1150. The third-order valence-electron chi connectivity index (χ3n) is 6.92. The van der Waals surface area contributed by atoms with E-state index < -0.39 is 16.1 Å². The highest BCUT2D eigenvalue weighted by Gasteiger charge is 2.38. The number of carbonyl (C=O) groups excluding carboxylic acids is 2. The maximum atomic E-state index is 13.4. The van der Waals surface area contributed by atoms with Crippen molar-refractivity contribution in [2.75, 3.05) is 33.3 Å². The Hall–Kier alpha value is -2.91. The van der Waals surface area contributed by atoms with Crippen LogP contribution >= 0.6 is 0 Å². The van der Waals surface area contributed by atoms with Gasteiger partial charge in [-0.15, -0.1) is 0 Å². The Balaban J connectivity index is 1.48. The highest BCUT2D eigenvalue weighted by atomic mass is 32.2. The SMILES string of the molecule is COc1ccc(S(=O)(=O)N2CCC(C(NC(=O)c3cccc(C)c3)C(=O)N3CCCC3)CC2)cc1. The molecule has 2 saturated heterocycles. The third-order valence-corrected chi connectivity index (χ3v) is 8.83. The fraction of sp³-hybridized carbons (Fsp3) is 0.462. The van der Waals surface area contributed by atoms with Gasteiger partial charge in [-0.05, 0) is 74.9 Å². The van der Waals surface area contributed by atoms with Gasteiger partial charge in [0.05, 0.1) is 12.0 Å². The van der Waals surface area contributed by atoms with Crippen LogP contribution in [0, 0.1) is 12.8 Å². The van der Waals surface area contributed by atoms with Crippen LogP contribution in [0.1, 0.15) is 41.6 Å². The zero-order chi connectivity index (χ0) is 25.0. The van der Waals surface area contributed by atoms with E-state index in [1.165, 1.54) is 11.4 Å². The minimum Gasteiger partial charge on any atom is -0.497 e. The molecule has 0 saturated carbocycles. The monoisotopic (exact) mass is 499 g/mol. The summed E-state index contributed by atoms with van der Waals surface area (Å²) >= 11 is 0. The summed E-state index contributed by atoms with van der Waals surface area (Å²) in [6.45, 7) is 3.90. The van der Waals surface area contributed by atoms with E-state index in [4.69, 9.17) is 4.74 Å². The van der Waals surface area contributed by atoms with Crippen LogP contribution in [-0.2, 0) is 14.8 Å². The van der Waals surface area contributed by atoms with Gasteiger partial charge in [-0.1, -0.05) is 17.7 Å². The topological polar surface area (TPSA) is 96.0 Å². The number of ether oxygens (including phenoxy) is 1. The molecule has 2 aliphatic heterocycles. The highest BCUT2D eigenvalue weighted by Crippen LogP contribution is 2.28. The maximum absolute atomic E-state index is 13.4. The van der Waals surface area contributed by atoms with Gasteiger partial charge in [0.1, 0.15) is 11.8 Å². The number of hydrogen-bond acceptors (Lipinski definition) is 5. The maximum Gasteiger partial charge on any atom is 0.251 e. The number of nitrogens with zero attached hydrogens (tertiary/aromatic N) is 2. The Labute approximate surface area is 207 Å². The number of piperidine rings is 1. The number of likely N-dealkylation sites (tertiary alicyclic amines) is 1. The molecule has 0 aromatic heterocycles. The van der Waals surface area contributed by atoms with Crippen LogP contribution < -0.4 is 10.1 Å². The van der Waals surface area contributed by atoms with E-state index in [0.717, 1.165) is 18.4 Å². The second kappa shape index (κ2) is 10.8. The second-order valence-corrected chi connectivity index (χ2v) is 11.2. The number of benzene rings is 2. The molecule has 9 heteroatoms. The zero-order valence-electron chi connectivity index (χ0n) is 20.3. The summed E-state index contributed by atoms with van der Waals surface area (Å²) in [4.78, 5) is 28.5. The van der Waals surface area contributed by atoms with Gasteiger partial charge in [0.2, 0.25) is 15.9 Å². The fourth-order valence-corrected chi connectivity index (χ4v) is 6.34. The van der Waals surface area contributed by atoms with E-state index in [2.05, 4.69) is 5.32 Å². The number of hydrogen-bond donors (Lipinski definition) is 1. The molecular weight excluding hydrogens is 466 g/mol. The predicted molar refractivity (Wildman–Crippen MR) is 133 cm³/mol. The number of carbonyl (C=O) groups is 2. The van der Waals surface area contributed by atoms with Crippen molar-refractivity contribution in [1.82, 2.24) is 14.5 Å². The van der Waals surface area contributed by atoms with Gasteiger partial charge in [0, 0.05) is 31.7 Å². The quantitative estimate of drug-likeness (QED) is 0.632. The molecule has 0 aliphatic carbocycles. The van der Waals surface area contributed by atoms with E-state index in [1.54, 1.807) is 36.4 Å². The smallest absolute Gasteiger partial charge is 0.251 e. The predicted octanol–water partition coefficient (Wildman–Crippen LogP) is 2.83. The number of methoxy groups -OCH3 is 1. The molecule has 2 aromatic carbocycles. The molecule has 2 amide bonds. The van der Waals surface area contributed by atoms with Crippen molar-refractivity contribution in [3.8, 4) is 5.75 Å². The first-order valence-electron chi connectivity index (χ1n) is 12.1. The first kappa shape index (κ1) is 25.2. The van der Waals surface area contributed by atoms with E-state index in [0.29, 0.717) is 50.3 Å². The lowest BCUT2D eigenvalue weighted by atomic mass is 9.89. The summed E-state index contributed by atoms with van der Waals surface area (Å²) in [7, 11) is -2.11. The largest absolute Gasteiger partial charge is 0.497 e. The van der Waals surface area contributed by atoms with Gasteiger partial charge in [-0.2, -0.15) is 4.31 Å². The van der Waals surface area contributed by atoms with Gasteiger partial charge in [-0.3, -0.25) is 9.59 Å². The molecule has 2 aliphatic rings. The lowest BCUT2D eigenvalue weighted by Crippen LogP contribution is -2.54. The van der Waals surface area contributed by atoms with Crippen LogP contribution in [0.25, 0.3) is 0 Å². The molecule has 1 atom stereocenters. The van der Waals surface area contributed by atoms with E-state index in [-0.39, 0.29) is 22.6 Å². The molecule has 2 fully saturated rings. The normalized spacial score (nSPS) is 18.3. The molecule has 35 heavy (non-hydrogen) atoms. The molecule has 2 heterocycles. The van der Waals surface area contributed by atoms with Crippen molar-refractivity contribution >= 4 is 21.8 Å². The van der Waals surface area contributed by atoms with Crippen molar-refractivity contribution in [2.45, 2.75) is 43.5 Å². The molecule has 1 N–H and O–H groups in total. The van der Waals surface area contributed by atoms with E-state index in [1.807, 2.05) is 24.0 Å². The van der Waals surface area contributed by atoms with Gasteiger partial charge < -0.3 is 15.0 Å². The van der Waals surface area contributed by atoms with Crippen LogP contribution in [0.2, 0.25) is 0 Å². The van der Waals surface area contributed by atoms with Crippen LogP contribution in [0.4, 0.5) is 0 Å². The number of sulfonamides is 1. The Morgan fingerprint density at radius 1 is 1.00 bits per heavy atom. The molecule has 0 bridgehead atoms. The molecule has 1 unspecified atom stereocenters. The average molecular weight is 500 g/mol. The molecular formula is C26H33N3O5S. The van der Waals surface area contributed by atoms with Crippen molar-refractivity contribution in [3.63, 3.8) is 0 Å². The van der Waals surface area contributed by atoms with E-state index >= 15 is 0 Å². The molecule has 0 radical (unpaired) electrons. The van der Waals surface area contributed by atoms with Crippen LogP contribution in [0.15, 0.2) is 53.4 Å². The summed E-state index contributed by atoms with van der Waals surface area (Å²) in [6.07, 6.45) is 2.91. The van der Waals surface area contributed by atoms with Crippen LogP contribution in [-0.4, -0.2) is 68.8 Å². The van der Waals surface area contributed by atoms with Gasteiger partial charge in [0.15, 0.2) is 0 Å². The van der Waals surface area contributed by atoms with Crippen molar-refractivity contribution in [1.29, 1.82) is 0 Å². The van der Waals surface area contributed by atoms with Crippen LogP contribution in [0.3, 0.4) is 0 Å². The minimum atomic E-state index is -3.65. The standard InChI is InChI=1S/C26H33N3O5S/c1-19-6-5-7-21(18-19)25(30)27-24(26(31)28-14-3-4-15-28)20-12-16-29(17-13-20)35(32,33)23-10-8-22(34-2)9-11-23/h5-11,18,20,24H,3-4,12-17H2,1-2H3,(H,27,30). The average Bonchev–Trinajstić information content (AvgIpc) is 3.42. The highest BCUT2D eigenvalue weighted by molar-refractivity contribution is 7.89. The molecule has 4 rings (SSSR count). The molecule has 2 aromatic rings. The summed E-state index contributed by atoms with van der Waals surface area (Å²) in [5.41, 5.74) is 1.49. The summed E-state index contributed by atoms with van der Waals surface area (Å²) < 4.78 is 32.9. The van der Waals surface area contributed by atoms with Crippen molar-refractivity contribution in [2.24, 2.45) is 5.92 Å². The number of amides is 2. The number of rotatable bonds is 7. The lowest BCUT2D eigenvalue weighted by molar-refractivity contribution is -0.133. The van der Waals surface area contributed by atoms with Crippen molar-refractivity contribution < 1.29 is 22.7 Å². The third kappa shape index (κ3) is 5.67. The van der Waals surface area contributed by atoms with Crippen molar-refractivity contribution in [3.05, 3.63) is 59.7 Å². The van der Waals surface area contributed by atoms with Gasteiger partial charge >= 0.3 is 0 Å². The summed E-state index contributed by atoms with van der Waals surface area (Å²) in [6, 6.07) is 13.0. The van der Waals surface area contributed by atoms with Gasteiger partial charge in [-0.25, -0.2) is 8.42 Å². The Kier molecular flexibility index (Phi) is 7.76. The second-order valence-electron chi connectivity index (χ2n) is 9.27. The first-order valence-corrected chi connectivity index (χ1v) is 13.5. The first-order chi connectivity index (χ1) is 16.8. The fourth-order valence-electron chi connectivity index (χ4n) is 4.87. The molecule has 8 nitrogen and oxygen atoms in total.